The van der Waals surface area contributed by atoms with Crippen LogP contribution in [0.2, 0.25) is 0 Å². The molecule has 0 aliphatic carbocycles. The highest BCUT2D eigenvalue weighted by atomic mass is 16.8. The number of azide groups is 1. The molecule has 0 aromatic heterocycles. The summed E-state index contributed by atoms with van der Waals surface area (Å²) in [4.78, 5) is 27.5. The number of carboxylic acids is 1. The Bertz CT molecular complexity index is 1480. The third-order valence-electron chi connectivity index (χ3n) is 11.8. The number of allylic oxidation sites excluding steroid dienone is 1. The van der Waals surface area contributed by atoms with Crippen molar-refractivity contribution in [2.45, 2.75) is 207 Å². The van der Waals surface area contributed by atoms with Crippen LogP contribution in [0.4, 0.5) is 0 Å². The van der Waals surface area contributed by atoms with Crippen molar-refractivity contribution < 1.29 is 99.3 Å². The minimum Gasteiger partial charge on any atom is -0.477 e. The maximum absolute atomic E-state index is 12.8. The van der Waals surface area contributed by atoms with Crippen molar-refractivity contribution in [3.05, 3.63) is 22.6 Å². The second-order valence-electron chi connectivity index (χ2n) is 16.8. The number of hydrogen-bond acceptors (Lipinski definition) is 20. The number of carbonyl (C=O) groups is 2. The predicted octanol–water partition coefficient (Wildman–Crippen LogP) is -1.90. The van der Waals surface area contributed by atoms with Crippen molar-refractivity contribution in [3.8, 4) is 0 Å². The molecule has 13 N–H and O–H groups in total. The van der Waals surface area contributed by atoms with Crippen LogP contribution in [0.25, 0.3) is 10.4 Å². The van der Waals surface area contributed by atoms with Crippen LogP contribution in [-0.2, 0) is 38.0 Å². The van der Waals surface area contributed by atoms with Crippen LogP contribution in [0.5, 0.6) is 0 Å². The molecular formula is C41H72N4O20. The van der Waals surface area contributed by atoms with Crippen LogP contribution in [0.15, 0.2) is 17.3 Å². The Labute approximate surface area is 377 Å². The summed E-state index contributed by atoms with van der Waals surface area (Å²) < 4.78 is 33.8. The van der Waals surface area contributed by atoms with Gasteiger partial charge in [0, 0.05) is 18.3 Å². The molecule has 0 aromatic carbocycles. The molecule has 0 aromatic rings. The monoisotopic (exact) mass is 940 g/mol. The van der Waals surface area contributed by atoms with E-state index in [1.54, 1.807) is 6.08 Å². The number of amides is 1. The van der Waals surface area contributed by atoms with Gasteiger partial charge in [-0.3, -0.25) is 4.79 Å². The zero-order chi connectivity index (χ0) is 48.3. The highest BCUT2D eigenvalue weighted by molar-refractivity contribution is 5.76. The van der Waals surface area contributed by atoms with Gasteiger partial charge in [-0.1, -0.05) is 88.4 Å². The third-order valence-corrected chi connectivity index (χ3v) is 11.8. The fraction of sp³-hybridized carbons (Fsp3) is 0.902. The topological polar surface area (TPSA) is 393 Å². The Balaban J connectivity index is 1.66. The second kappa shape index (κ2) is 28.6. The number of ether oxygens (including phenoxy) is 6. The molecule has 7 unspecified atom stereocenters. The van der Waals surface area contributed by atoms with Crippen LogP contribution < -0.4 is 5.32 Å². The number of aliphatic hydroxyl groups is 11. The fourth-order valence-electron chi connectivity index (χ4n) is 8.04. The van der Waals surface area contributed by atoms with Gasteiger partial charge in [-0.05, 0) is 18.4 Å². The lowest BCUT2D eigenvalue weighted by molar-refractivity contribution is -0.386. The molecule has 24 nitrogen and oxygen atoms in total. The van der Waals surface area contributed by atoms with Crippen LogP contribution in [0.3, 0.4) is 0 Å². The van der Waals surface area contributed by atoms with Crippen LogP contribution >= 0.6 is 0 Å². The van der Waals surface area contributed by atoms with Gasteiger partial charge in [0.15, 0.2) is 12.6 Å². The summed E-state index contributed by atoms with van der Waals surface area (Å²) in [6.45, 7) is -0.276. The van der Waals surface area contributed by atoms with E-state index in [2.05, 4.69) is 22.3 Å². The van der Waals surface area contributed by atoms with Crippen molar-refractivity contribution in [1.29, 1.82) is 0 Å². The van der Waals surface area contributed by atoms with Gasteiger partial charge in [0.1, 0.15) is 67.1 Å². The van der Waals surface area contributed by atoms with Crippen molar-refractivity contribution in [3.63, 3.8) is 0 Å². The summed E-state index contributed by atoms with van der Waals surface area (Å²) in [7, 11) is 0. The van der Waals surface area contributed by atoms with Crippen molar-refractivity contribution in [1.82, 2.24) is 5.32 Å². The lowest BCUT2D eigenvalue weighted by Gasteiger charge is -2.50. The molecule has 0 bridgehead atoms. The Morgan fingerprint density at radius 2 is 1.45 bits per heavy atom. The molecule has 3 rings (SSSR count). The van der Waals surface area contributed by atoms with Crippen LogP contribution in [0, 0.1) is 0 Å². The molecular weight excluding hydrogens is 868 g/mol. The zero-order valence-electron chi connectivity index (χ0n) is 37.0. The zero-order valence-corrected chi connectivity index (χ0v) is 37.0. The van der Waals surface area contributed by atoms with E-state index >= 15 is 0 Å². The van der Waals surface area contributed by atoms with Crippen molar-refractivity contribution in [2.24, 2.45) is 5.11 Å². The fourth-order valence-corrected chi connectivity index (χ4v) is 8.04. The van der Waals surface area contributed by atoms with E-state index in [9.17, 15) is 70.9 Å². The van der Waals surface area contributed by atoms with Gasteiger partial charge >= 0.3 is 5.97 Å². The number of aliphatic carboxylic acids is 1. The molecule has 65 heavy (non-hydrogen) atoms. The molecule has 1 amide bonds. The van der Waals surface area contributed by atoms with Gasteiger partial charge in [-0.25, -0.2) is 4.79 Å². The number of hydrogen-bond donors (Lipinski definition) is 13. The Hall–Kier alpha value is -2.69. The van der Waals surface area contributed by atoms with E-state index < -0.39 is 155 Å². The predicted molar refractivity (Wildman–Crippen MR) is 223 cm³/mol. The molecule has 0 spiro atoms. The third kappa shape index (κ3) is 16.2. The number of carboxylic acid groups (broad SMARTS) is 1. The molecule has 376 valence electrons. The average Bonchev–Trinajstić information content (AvgIpc) is 3.28. The van der Waals surface area contributed by atoms with E-state index in [1.165, 1.54) is 57.4 Å². The lowest BCUT2D eigenvalue weighted by Crippen LogP contribution is -2.70. The summed E-state index contributed by atoms with van der Waals surface area (Å²) >= 11 is 0. The SMILES string of the molecule is CCCCCCCCCCCCC/C=C/[C@@H](O)[C@H](CO[C@@H]1OC(CO)[C@H](O[C@@H]2OC(CO)[C@H](O)C(O[C@]3(C(=O)O)C[C@@H](O)[C@@H](NC(C)=O)C([C@H](O)[C@H](O)CO)O3)C2O)C(O)C1O)N=[N+]=[N-]. The van der Waals surface area contributed by atoms with Crippen molar-refractivity contribution >= 4 is 11.9 Å². The summed E-state index contributed by atoms with van der Waals surface area (Å²) in [5.41, 5.74) is 9.15. The summed E-state index contributed by atoms with van der Waals surface area (Å²) in [5, 5.41) is 133. The van der Waals surface area contributed by atoms with Gasteiger partial charge in [-0.2, -0.15) is 0 Å². The van der Waals surface area contributed by atoms with E-state index in [0.29, 0.717) is 6.42 Å². The van der Waals surface area contributed by atoms with Gasteiger partial charge in [-0.15, -0.1) is 0 Å². The van der Waals surface area contributed by atoms with Crippen molar-refractivity contribution in [2.75, 3.05) is 26.4 Å². The van der Waals surface area contributed by atoms with Crippen LogP contribution in [-0.4, -0.2) is 209 Å². The van der Waals surface area contributed by atoms with Gasteiger partial charge < -0.3 is 95.0 Å². The molecule has 3 heterocycles. The van der Waals surface area contributed by atoms with E-state index in [-0.39, 0.29) is 0 Å². The van der Waals surface area contributed by atoms with Gasteiger partial charge in [0.25, 0.3) is 5.79 Å². The first-order chi connectivity index (χ1) is 31.0. The van der Waals surface area contributed by atoms with Crippen LogP contribution in [0.1, 0.15) is 97.3 Å². The molecule has 3 aliphatic heterocycles. The summed E-state index contributed by atoms with van der Waals surface area (Å²) in [5.74, 6) is -5.83. The quantitative estimate of drug-likeness (QED) is 0.0128. The first-order valence-electron chi connectivity index (χ1n) is 22.4. The number of nitrogens with zero attached hydrogens (tertiary/aromatic N) is 3. The molecule has 18 atom stereocenters. The van der Waals surface area contributed by atoms with Gasteiger partial charge in [0.2, 0.25) is 5.91 Å². The molecule has 24 heteroatoms. The molecule has 0 radical (unpaired) electrons. The lowest BCUT2D eigenvalue weighted by atomic mass is 9.88. The Kier molecular flexibility index (Phi) is 24.9. The van der Waals surface area contributed by atoms with E-state index in [1.807, 2.05) is 0 Å². The normalized spacial score (nSPS) is 34.9. The largest absolute Gasteiger partial charge is 0.477 e. The standard InChI is InChI=1S/C41H72N4O20/c1-3-4-5-6-7-8-9-10-11-12-13-14-15-16-24(50)23(44-45-42)21-60-38-33(56)32(55)35(28(20-48)62-38)63-39-34(57)37(31(54)27(19-47)61-39)65-41(40(58)59)17-25(51)29(43-22(2)49)36(64-41)30(53)26(52)18-46/h15-16,23-39,46-48,50-57H,3-14,17-21H2,1-2H3,(H,43,49)(H,58,59)/b16-15+/t23-,24+,25+,26+,27?,28?,29+,30+,31-,32?,33?,34?,35-,36?,37?,38+,39-,41-/m0/s1. The number of rotatable bonds is 29. The molecule has 3 aliphatic rings. The smallest absolute Gasteiger partial charge is 0.364 e. The number of unbranched alkanes of at least 4 members (excludes halogenated alkanes) is 11. The van der Waals surface area contributed by atoms with Gasteiger partial charge in [0.05, 0.1) is 50.7 Å². The number of carbonyl (C=O) groups excluding carboxylic acids is 1. The van der Waals surface area contributed by atoms with E-state index in [0.717, 1.165) is 26.2 Å². The van der Waals surface area contributed by atoms with E-state index in [4.69, 9.17) is 34.0 Å². The maximum atomic E-state index is 12.8. The Morgan fingerprint density at radius 1 is 0.846 bits per heavy atom. The average molecular weight is 941 g/mol. The highest BCUT2D eigenvalue weighted by Crippen LogP contribution is 2.38. The minimum atomic E-state index is -3.07. The maximum Gasteiger partial charge on any atom is 0.364 e. The first-order valence-corrected chi connectivity index (χ1v) is 22.4. The summed E-state index contributed by atoms with van der Waals surface area (Å²) in [6, 6.07) is -2.78. The highest BCUT2D eigenvalue weighted by Gasteiger charge is 2.60. The molecule has 0 saturated carbocycles. The molecule has 3 saturated heterocycles. The summed E-state index contributed by atoms with van der Waals surface area (Å²) in [6.07, 6.45) is -12.7. The Morgan fingerprint density at radius 3 is 2.00 bits per heavy atom. The number of nitrogens with one attached hydrogen (secondary N) is 1. The second-order valence-corrected chi connectivity index (χ2v) is 16.8. The first kappa shape index (κ1) is 56.6. The minimum absolute atomic E-state index is 0.518. The molecule has 3 fully saturated rings. The number of aliphatic hydroxyl groups excluding tert-OH is 11.